The van der Waals surface area contributed by atoms with Gasteiger partial charge in [-0.25, -0.2) is 4.98 Å². The zero-order valence-electron chi connectivity index (χ0n) is 15.6. The molecule has 146 valence electrons. The van der Waals surface area contributed by atoms with E-state index in [9.17, 15) is 19.2 Å². The van der Waals surface area contributed by atoms with Gasteiger partial charge in [0.1, 0.15) is 18.8 Å². The highest BCUT2D eigenvalue weighted by Gasteiger charge is 2.32. The van der Waals surface area contributed by atoms with Crippen molar-refractivity contribution in [1.29, 1.82) is 0 Å². The van der Waals surface area contributed by atoms with Crippen molar-refractivity contribution < 1.29 is 19.1 Å². The average Bonchev–Trinajstić information content (AvgIpc) is 2.70. The van der Waals surface area contributed by atoms with Crippen LogP contribution in [0, 0.1) is 6.92 Å². The number of pyridine rings is 1. The Kier molecular flexibility index (Phi) is 4.67. The van der Waals surface area contributed by atoms with Crippen molar-refractivity contribution in [2.24, 2.45) is 0 Å². The summed E-state index contributed by atoms with van der Waals surface area (Å²) in [6.45, 7) is 1.10. The van der Waals surface area contributed by atoms with E-state index in [1.807, 2.05) is 13.0 Å². The van der Waals surface area contributed by atoms with Gasteiger partial charge in [0.2, 0.25) is 5.91 Å². The monoisotopic (exact) mass is 391 g/mol. The maximum absolute atomic E-state index is 12.5. The fourth-order valence-electron chi connectivity index (χ4n) is 3.27. The SMILES string of the molecule is Cc1cccn2c(=O)cc(COC(=O)CN3C(=O)Cc4ccccc4C3=O)nc12. The number of benzene rings is 1. The van der Waals surface area contributed by atoms with Gasteiger partial charge < -0.3 is 4.74 Å². The van der Waals surface area contributed by atoms with E-state index >= 15 is 0 Å². The highest BCUT2D eigenvalue weighted by atomic mass is 16.5. The molecule has 8 nitrogen and oxygen atoms in total. The molecule has 0 atom stereocenters. The highest BCUT2D eigenvalue weighted by Crippen LogP contribution is 2.19. The Morgan fingerprint density at radius 1 is 1.14 bits per heavy atom. The number of rotatable bonds is 4. The molecule has 0 unspecified atom stereocenters. The summed E-state index contributed by atoms with van der Waals surface area (Å²) >= 11 is 0. The highest BCUT2D eigenvalue weighted by molar-refractivity contribution is 6.11. The van der Waals surface area contributed by atoms with Crippen LogP contribution in [0.2, 0.25) is 0 Å². The average molecular weight is 391 g/mol. The van der Waals surface area contributed by atoms with Gasteiger partial charge in [0.15, 0.2) is 0 Å². The molecular weight excluding hydrogens is 374 g/mol. The third-order valence-corrected chi connectivity index (χ3v) is 4.74. The summed E-state index contributed by atoms with van der Waals surface area (Å²) in [4.78, 5) is 54.4. The van der Waals surface area contributed by atoms with Gasteiger partial charge in [-0.3, -0.25) is 28.5 Å². The first-order valence-electron chi connectivity index (χ1n) is 9.00. The molecule has 1 aliphatic heterocycles. The first-order chi connectivity index (χ1) is 13.9. The van der Waals surface area contributed by atoms with E-state index in [0.717, 1.165) is 10.5 Å². The van der Waals surface area contributed by atoms with E-state index in [1.165, 1.54) is 10.5 Å². The molecule has 1 aliphatic rings. The van der Waals surface area contributed by atoms with Crippen LogP contribution in [0.3, 0.4) is 0 Å². The fourth-order valence-corrected chi connectivity index (χ4v) is 3.27. The van der Waals surface area contributed by atoms with Gasteiger partial charge in [0, 0.05) is 17.8 Å². The Hall–Kier alpha value is -3.81. The summed E-state index contributed by atoms with van der Waals surface area (Å²) in [7, 11) is 0. The van der Waals surface area contributed by atoms with Gasteiger partial charge in [-0.05, 0) is 30.2 Å². The number of hydrogen-bond acceptors (Lipinski definition) is 6. The van der Waals surface area contributed by atoms with Crippen LogP contribution in [0.25, 0.3) is 5.65 Å². The van der Waals surface area contributed by atoms with E-state index in [2.05, 4.69) is 4.98 Å². The summed E-state index contributed by atoms with van der Waals surface area (Å²) in [6.07, 6.45) is 1.66. The molecule has 0 fully saturated rings. The van der Waals surface area contributed by atoms with Crippen molar-refractivity contribution in [3.8, 4) is 0 Å². The molecule has 0 N–H and O–H groups in total. The van der Waals surface area contributed by atoms with Gasteiger partial charge in [-0.15, -0.1) is 0 Å². The number of imide groups is 1. The molecule has 2 aromatic heterocycles. The van der Waals surface area contributed by atoms with Crippen LogP contribution in [0.1, 0.15) is 27.2 Å². The normalized spacial score (nSPS) is 13.5. The Labute approximate surface area is 165 Å². The molecule has 3 aromatic rings. The first-order valence-corrected chi connectivity index (χ1v) is 9.00. The standard InChI is InChI=1S/C21H17N3O5/c1-13-5-4-8-23-18(26)10-15(22-20(13)23)12-29-19(27)11-24-17(25)9-14-6-2-3-7-16(14)21(24)28/h2-8,10H,9,11-12H2,1H3. The molecule has 0 radical (unpaired) electrons. The molecular formula is C21H17N3O5. The van der Waals surface area contributed by atoms with Gasteiger partial charge in [0.05, 0.1) is 12.1 Å². The molecule has 0 spiro atoms. The Morgan fingerprint density at radius 2 is 1.93 bits per heavy atom. The van der Waals surface area contributed by atoms with Crippen molar-refractivity contribution in [2.75, 3.05) is 6.54 Å². The van der Waals surface area contributed by atoms with Crippen LogP contribution >= 0.6 is 0 Å². The van der Waals surface area contributed by atoms with Gasteiger partial charge in [0.25, 0.3) is 11.5 Å². The van der Waals surface area contributed by atoms with Crippen molar-refractivity contribution in [1.82, 2.24) is 14.3 Å². The van der Waals surface area contributed by atoms with E-state index in [1.54, 1.807) is 36.5 Å². The van der Waals surface area contributed by atoms with Gasteiger partial charge in [-0.1, -0.05) is 24.3 Å². The number of ether oxygens (including phenoxy) is 1. The van der Waals surface area contributed by atoms with E-state index in [0.29, 0.717) is 22.5 Å². The quantitative estimate of drug-likeness (QED) is 0.491. The summed E-state index contributed by atoms with van der Waals surface area (Å²) in [5.41, 5.74) is 2.33. The number of carbonyl (C=O) groups is 3. The Balaban J connectivity index is 1.46. The number of fused-ring (bicyclic) bond motifs is 2. The lowest BCUT2D eigenvalue weighted by Gasteiger charge is -2.25. The minimum Gasteiger partial charge on any atom is -0.458 e. The van der Waals surface area contributed by atoms with Crippen LogP contribution < -0.4 is 5.56 Å². The number of carbonyl (C=O) groups excluding carboxylic acids is 3. The summed E-state index contributed by atoms with van der Waals surface area (Å²) in [5, 5.41) is 0. The second-order valence-corrected chi connectivity index (χ2v) is 6.75. The van der Waals surface area contributed by atoms with E-state index < -0.39 is 24.3 Å². The van der Waals surface area contributed by atoms with Crippen LogP contribution in [0.4, 0.5) is 0 Å². The minimum absolute atomic E-state index is 0.0530. The Bertz CT molecular complexity index is 1210. The van der Waals surface area contributed by atoms with Crippen LogP contribution in [-0.2, 0) is 27.4 Å². The molecule has 0 aliphatic carbocycles. The lowest BCUT2D eigenvalue weighted by molar-refractivity contribution is -0.149. The number of esters is 1. The molecule has 8 heteroatoms. The lowest BCUT2D eigenvalue weighted by Crippen LogP contribution is -2.45. The largest absolute Gasteiger partial charge is 0.458 e. The van der Waals surface area contributed by atoms with Gasteiger partial charge >= 0.3 is 5.97 Å². The molecule has 0 saturated heterocycles. The van der Waals surface area contributed by atoms with Crippen molar-refractivity contribution in [3.63, 3.8) is 0 Å². The molecule has 0 bridgehead atoms. The zero-order valence-corrected chi connectivity index (χ0v) is 15.6. The minimum atomic E-state index is -0.752. The summed E-state index contributed by atoms with van der Waals surface area (Å²) in [5.74, 6) is -1.73. The second-order valence-electron chi connectivity index (χ2n) is 6.75. The maximum atomic E-state index is 12.5. The fraction of sp³-hybridized carbons (Fsp3) is 0.190. The van der Waals surface area contributed by atoms with Crippen LogP contribution in [0.15, 0.2) is 53.5 Å². The van der Waals surface area contributed by atoms with Crippen molar-refractivity contribution in [3.05, 3.63) is 81.4 Å². The third-order valence-electron chi connectivity index (χ3n) is 4.74. The van der Waals surface area contributed by atoms with Crippen LogP contribution in [0.5, 0.6) is 0 Å². The molecule has 2 amide bonds. The third kappa shape index (κ3) is 3.52. The Morgan fingerprint density at radius 3 is 2.76 bits per heavy atom. The number of aromatic nitrogens is 2. The zero-order chi connectivity index (χ0) is 20.5. The first kappa shape index (κ1) is 18.5. The number of hydrogen-bond donors (Lipinski definition) is 0. The number of amides is 2. The molecule has 4 rings (SSSR count). The van der Waals surface area contributed by atoms with Crippen molar-refractivity contribution >= 4 is 23.4 Å². The summed E-state index contributed by atoms with van der Waals surface area (Å²) < 4.78 is 6.57. The predicted molar refractivity (Wildman–Crippen MR) is 102 cm³/mol. The molecule has 29 heavy (non-hydrogen) atoms. The van der Waals surface area contributed by atoms with E-state index in [-0.39, 0.29) is 18.6 Å². The van der Waals surface area contributed by atoms with Gasteiger partial charge in [-0.2, -0.15) is 0 Å². The molecule has 0 saturated carbocycles. The van der Waals surface area contributed by atoms with Crippen molar-refractivity contribution in [2.45, 2.75) is 20.0 Å². The smallest absolute Gasteiger partial charge is 0.326 e. The predicted octanol–water partition coefficient (Wildman–Crippen LogP) is 1.27. The van der Waals surface area contributed by atoms with E-state index in [4.69, 9.17) is 4.74 Å². The van der Waals surface area contributed by atoms with Crippen LogP contribution in [-0.4, -0.2) is 38.6 Å². The topological polar surface area (TPSA) is 98.0 Å². The molecule has 3 heterocycles. The summed E-state index contributed by atoms with van der Waals surface area (Å²) in [6, 6.07) is 11.6. The number of nitrogens with zero attached hydrogens (tertiary/aromatic N) is 3. The lowest BCUT2D eigenvalue weighted by atomic mass is 9.98. The number of aryl methyl sites for hydroxylation is 1. The molecule has 1 aromatic carbocycles. The maximum Gasteiger partial charge on any atom is 0.326 e. The second kappa shape index (κ2) is 7.31.